The fourth-order valence-corrected chi connectivity index (χ4v) is 3.69. The van der Waals surface area contributed by atoms with E-state index in [0.717, 1.165) is 11.6 Å². The van der Waals surface area contributed by atoms with Crippen LogP contribution in [0.5, 0.6) is 0 Å². The van der Waals surface area contributed by atoms with Gasteiger partial charge in [-0.2, -0.15) is 12.6 Å². The highest BCUT2D eigenvalue weighted by Gasteiger charge is 2.24. The van der Waals surface area contributed by atoms with Gasteiger partial charge in [0.25, 0.3) is 0 Å². The van der Waals surface area contributed by atoms with E-state index in [1.807, 2.05) is 60.8 Å². The van der Waals surface area contributed by atoms with Gasteiger partial charge in [-0.05, 0) is 52.2 Å². The van der Waals surface area contributed by atoms with Gasteiger partial charge in [0.2, 0.25) is 18.2 Å². The second-order valence-electron chi connectivity index (χ2n) is 12.9. The van der Waals surface area contributed by atoms with Gasteiger partial charge in [-0.15, -0.1) is 11.3 Å². The van der Waals surface area contributed by atoms with Crippen LogP contribution in [0, 0.1) is 24.7 Å². The zero-order valence-corrected chi connectivity index (χ0v) is 34.8. The molecule has 0 saturated carbocycles. The quantitative estimate of drug-likeness (QED) is 0.0933. The molecule has 0 aliphatic heterocycles. The minimum Gasteiger partial charge on any atom is -0.442 e. The maximum atomic E-state index is 12.5. The van der Waals surface area contributed by atoms with Crippen LogP contribution in [0.15, 0.2) is 5.38 Å². The topological polar surface area (TPSA) is 185 Å². The summed E-state index contributed by atoms with van der Waals surface area (Å²) in [6.07, 6.45) is 0.424. The number of aliphatic hydroxyl groups excluding tert-OH is 1. The van der Waals surface area contributed by atoms with Crippen LogP contribution in [0.4, 0.5) is 4.79 Å². The average molecular weight is 752 g/mol. The Bertz CT molecular complexity index is 1030. The van der Waals surface area contributed by atoms with E-state index in [2.05, 4.69) is 59.7 Å². The van der Waals surface area contributed by atoms with E-state index >= 15 is 0 Å². The number of alkyl carbamates (subject to hydrolysis) is 1. The van der Waals surface area contributed by atoms with Gasteiger partial charge >= 0.3 is 6.09 Å². The summed E-state index contributed by atoms with van der Waals surface area (Å²) in [4.78, 5) is 63.5. The lowest BCUT2D eigenvalue weighted by Gasteiger charge is -2.20. The smallest absolute Gasteiger partial charge is 0.408 e. The maximum Gasteiger partial charge on any atom is 0.408 e. The molecule has 50 heavy (non-hydrogen) atoms. The van der Waals surface area contributed by atoms with E-state index in [9.17, 15) is 29.1 Å². The Balaban J connectivity index is -0.000000642. The predicted octanol–water partition coefficient (Wildman–Crippen LogP) is 5.08. The first-order valence-corrected chi connectivity index (χ1v) is 18.8. The van der Waals surface area contributed by atoms with E-state index in [-0.39, 0.29) is 56.3 Å². The molecule has 3 unspecified atom stereocenters. The van der Waals surface area contributed by atoms with Gasteiger partial charge in [-0.1, -0.05) is 55.4 Å². The molecule has 1 aromatic heterocycles. The Morgan fingerprint density at radius 1 is 0.980 bits per heavy atom. The van der Waals surface area contributed by atoms with E-state index in [0.29, 0.717) is 23.9 Å². The van der Waals surface area contributed by atoms with Gasteiger partial charge < -0.3 is 35.8 Å². The molecule has 0 spiro atoms. The Kier molecular flexibility index (Phi) is 36.1. The fraction of sp³-hybridized carbons (Fsp3) is 0.771. The number of hydrogen-bond donors (Lipinski definition) is 6. The average Bonchev–Trinajstić information content (AvgIpc) is 3.48. The first kappa shape index (κ1) is 54.0. The summed E-state index contributed by atoms with van der Waals surface area (Å²) in [7, 11) is 1.71. The van der Waals surface area contributed by atoms with Gasteiger partial charge in [-0.3, -0.25) is 19.2 Å². The molecule has 15 heteroatoms. The van der Waals surface area contributed by atoms with Crippen molar-refractivity contribution in [2.45, 2.75) is 127 Å². The molecule has 0 fully saturated rings. The SMILES string of the molecule is CC.CC(C)C.COC(C)(C)C.CS.Cc1csc(COC(=O)NC(CNC=O)C(=O)NCC(O)CC(C)C(=O)CCC(=O)NCC(C)C)n1. The minimum atomic E-state index is -1.14. The maximum absolute atomic E-state index is 12.5. The molecule has 1 aromatic rings. The van der Waals surface area contributed by atoms with Gasteiger partial charge in [0.05, 0.1) is 11.7 Å². The van der Waals surface area contributed by atoms with Crippen LogP contribution in [0.3, 0.4) is 0 Å². The third kappa shape index (κ3) is 36.5. The van der Waals surface area contributed by atoms with Crippen molar-refractivity contribution in [3.63, 3.8) is 0 Å². The van der Waals surface area contributed by atoms with E-state index in [1.54, 1.807) is 20.3 Å². The molecule has 0 saturated heterocycles. The van der Waals surface area contributed by atoms with Crippen LogP contribution < -0.4 is 21.3 Å². The first-order valence-electron chi connectivity index (χ1n) is 17.1. The monoisotopic (exact) mass is 751 g/mol. The van der Waals surface area contributed by atoms with E-state index < -0.39 is 30.1 Å². The molecule has 5 N–H and O–H groups in total. The molecule has 13 nitrogen and oxygen atoms in total. The molecular formula is C35H69N5O8S2. The number of ether oxygens (including phenoxy) is 2. The van der Waals surface area contributed by atoms with Gasteiger partial charge in [-0.25, -0.2) is 9.78 Å². The number of thiol groups is 1. The minimum absolute atomic E-state index is 0.0417. The Hall–Kier alpha value is -2.75. The first-order chi connectivity index (χ1) is 23.3. The highest BCUT2D eigenvalue weighted by molar-refractivity contribution is 7.79. The number of hydrogen-bond acceptors (Lipinski definition) is 11. The van der Waals surface area contributed by atoms with E-state index in [4.69, 9.17) is 9.47 Å². The van der Waals surface area contributed by atoms with Crippen molar-refractivity contribution in [3.05, 3.63) is 16.1 Å². The number of ketones is 1. The van der Waals surface area contributed by atoms with Crippen molar-refractivity contribution in [1.82, 2.24) is 26.3 Å². The highest BCUT2D eigenvalue weighted by Crippen LogP contribution is 2.12. The molecule has 0 aliphatic rings. The third-order valence-electron chi connectivity index (χ3n) is 5.61. The lowest BCUT2D eigenvalue weighted by Crippen LogP contribution is -2.52. The number of aliphatic hydroxyl groups is 1. The standard InChI is InChI=1S/C23H37N5O7S.C5H12O.C4H10.C2H6.CH4S/c1-14(2)8-25-20(32)6-5-19(31)15(3)7-17(30)9-26-22(33)18(10-24-13-29)28-23(34)35-11-21-27-16(4)12-36-21;1-5(2,3)6-4;1-4(2)3;2*1-2/h12-15,17-18,30H,5-11H2,1-4H3,(H,24,29)(H,25,32)(H,26,33)(H,28,34);1-4H3;4H,1-3H3;1-2H3;2H,1H3. The zero-order valence-electron chi connectivity index (χ0n) is 33.1. The number of Topliss-reactive ketones (excluding diaryl/α,β-unsaturated/α-hetero) is 1. The number of aryl methyl sites for hydroxylation is 1. The van der Waals surface area contributed by atoms with Crippen LogP contribution in [-0.4, -0.2) is 90.9 Å². The molecule has 0 radical (unpaired) electrons. The molecule has 294 valence electrons. The zero-order chi connectivity index (χ0) is 39.9. The molecule has 0 aliphatic carbocycles. The number of aromatic nitrogens is 1. The summed E-state index contributed by atoms with van der Waals surface area (Å²) < 4.78 is 10.00. The summed E-state index contributed by atoms with van der Waals surface area (Å²) in [6, 6.07) is -1.14. The summed E-state index contributed by atoms with van der Waals surface area (Å²) in [5, 5.41) is 22.6. The highest BCUT2D eigenvalue weighted by atomic mass is 32.1. The van der Waals surface area contributed by atoms with Crippen LogP contribution in [0.25, 0.3) is 0 Å². The van der Waals surface area contributed by atoms with Crippen molar-refractivity contribution in [3.8, 4) is 0 Å². The second-order valence-corrected chi connectivity index (χ2v) is 13.9. The number of amides is 4. The lowest BCUT2D eigenvalue weighted by atomic mass is 9.95. The molecular weight excluding hydrogens is 683 g/mol. The van der Waals surface area contributed by atoms with Crippen LogP contribution in [0.2, 0.25) is 0 Å². The summed E-state index contributed by atoms with van der Waals surface area (Å²) >= 11 is 4.86. The molecule has 4 amide bonds. The summed E-state index contributed by atoms with van der Waals surface area (Å²) in [5.74, 6) is -0.361. The largest absolute Gasteiger partial charge is 0.442 e. The normalized spacial score (nSPS) is 12.0. The Morgan fingerprint density at radius 2 is 1.52 bits per heavy atom. The second kappa shape index (κ2) is 33.4. The van der Waals surface area contributed by atoms with Gasteiger partial charge in [0.15, 0.2) is 0 Å². The van der Waals surface area contributed by atoms with Gasteiger partial charge in [0.1, 0.15) is 23.4 Å². The lowest BCUT2D eigenvalue weighted by molar-refractivity contribution is -0.127. The molecule has 0 aromatic carbocycles. The molecule has 0 bridgehead atoms. The molecule has 1 heterocycles. The summed E-state index contributed by atoms with van der Waals surface area (Å²) in [6.45, 7) is 24.1. The van der Waals surface area contributed by atoms with Crippen molar-refractivity contribution in [1.29, 1.82) is 0 Å². The summed E-state index contributed by atoms with van der Waals surface area (Å²) in [5.41, 5.74) is 0.841. The Labute approximate surface area is 311 Å². The number of nitrogens with zero attached hydrogens (tertiary/aromatic N) is 1. The number of nitrogens with one attached hydrogen (secondary N) is 4. The molecule has 3 atom stereocenters. The number of carbonyl (C=O) groups is 5. The van der Waals surface area contributed by atoms with Crippen molar-refractivity contribution in [2.75, 3.05) is 33.0 Å². The third-order valence-corrected chi connectivity index (χ3v) is 6.55. The molecule has 1 rings (SSSR count). The van der Waals surface area contributed by atoms with Crippen LogP contribution in [0.1, 0.15) is 106 Å². The predicted molar refractivity (Wildman–Crippen MR) is 206 cm³/mol. The van der Waals surface area contributed by atoms with Crippen LogP contribution in [-0.2, 0) is 35.3 Å². The van der Waals surface area contributed by atoms with Crippen molar-refractivity contribution in [2.24, 2.45) is 17.8 Å². The van der Waals surface area contributed by atoms with Gasteiger partial charge in [0, 0.05) is 56.6 Å². The number of rotatable bonds is 17. The number of methoxy groups -OCH3 is 1. The van der Waals surface area contributed by atoms with Crippen LogP contribution >= 0.6 is 24.0 Å². The number of thiazole rings is 1. The Morgan fingerprint density at radius 3 is 1.96 bits per heavy atom. The van der Waals surface area contributed by atoms with Crippen molar-refractivity contribution >= 4 is 54.1 Å². The number of carbonyl (C=O) groups excluding carboxylic acids is 5. The van der Waals surface area contributed by atoms with Crippen molar-refractivity contribution < 1.29 is 38.6 Å². The fourth-order valence-electron chi connectivity index (χ4n) is 3.01. The van der Waals surface area contributed by atoms with E-state index in [1.165, 1.54) is 11.3 Å².